The van der Waals surface area contributed by atoms with Crippen molar-refractivity contribution in [3.8, 4) is 6.01 Å². The van der Waals surface area contributed by atoms with E-state index >= 15 is 0 Å². The Morgan fingerprint density at radius 1 is 1.10 bits per heavy atom. The van der Waals surface area contributed by atoms with E-state index in [0.717, 1.165) is 37.4 Å². The van der Waals surface area contributed by atoms with Crippen LogP contribution in [0, 0.1) is 0 Å². The molecule has 3 aliphatic heterocycles. The maximum atomic E-state index is 12.4. The molecule has 0 bridgehead atoms. The van der Waals surface area contributed by atoms with Crippen LogP contribution in [0.5, 0.6) is 6.01 Å². The van der Waals surface area contributed by atoms with E-state index in [4.69, 9.17) is 14.7 Å². The molecule has 0 aliphatic carbocycles. The second-order valence-electron chi connectivity index (χ2n) is 11.9. The molecule has 2 saturated heterocycles. The lowest BCUT2D eigenvalue weighted by atomic mass is 9.96. The van der Waals surface area contributed by atoms with Crippen LogP contribution in [0.4, 0.5) is 11.5 Å². The smallest absolute Gasteiger partial charge is 0.318 e. The first-order valence-electron chi connectivity index (χ1n) is 14.5. The van der Waals surface area contributed by atoms with Gasteiger partial charge in [0.1, 0.15) is 12.4 Å². The first kappa shape index (κ1) is 26.6. The summed E-state index contributed by atoms with van der Waals surface area (Å²) in [6, 6.07) is 15.9. The van der Waals surface area contributed by atoms with Gasteiger partial charge in [0.15, 0.2) is 0 Å². The van der Waals surface area contributed by atoms with Crippen molar-refractivity contribution in [2.75, 3.05) is 56.2 Å². The molecule has 4 heterocycles. The van der Waals surface area contributed by atoms with Crippen LogP contribution >= 0.6 is 0 Å². The summed E-state index contributed by atoms with van der Waals surface area (Å²) in [4.78, 5) is 31.5. The fourth-order valence-electron chi connectivity index (χ4n) is 6.59. The molecule has 1 amide bonds. The van der Waals surface area contributed by atoms with Gasteiger partial charge < -0.3 is 24.3 Å². The Morgan fingerprint density at radius 3 is 2.70 bits per heavy atom. The minimum atomic E-state index is -0.297. The van der Waals surface area contributed by atoms with Crippen LogP contribution in [0.3, 0.4) is 0 Å². The number of carbonyl (C=O) groups excluding carboxylic acids is 1. The molecule has 2 aromatic carbocycles. The molecule has 1 aromatic heterocycles. The molecule has 1 atom stereocenters. The molecule has 40 heavy (non-hydrogen) atoms. The Morgan fingerprint density at radius 2 is 1.93 bits per heavy atom. The normalized spacial score (nSPS) is 21.0. The molecule has 2 fully saturated rings. The fourth-order valence-corrected chi connectivity index (χ4v) is 6.59. The largest absolute Gasteiger partial charge is 0.462 e. The van der Waals surface area contributed by atoms with Crippen LogP contribution < -0.4 is 14.5 Å². The molecule has 1 unspecified atom stereocenters. The van der Waals surface area contributed by atoms with Gasteiger partial charge in [0.05, 0.1) is 17.8 Å². The van der Waals surface area contributed by atoms with Gasteiger partial charge in [0, 0.05) is 48.9 Å². The standard InChI is InChI=1S/C32H40N6O2/c1-5-29(39)37-18-19-38(32(2,3)22-37)30-26-15-17-36(28-14-8-11-23-10-6-7-13-25(23)28)20-27(26)33-31(34-30)40-21-24-12-9-16-35(24)4/h5-8,10-11,13-14,24H,1,9,12,15-22H2,2-4H3. The second kappa shape index (κ2) is 10.7. The van der Waals surface area contributed by atoms with Crippen molar-refractivity contribution < 1.29 is 9.53 Å². The molecular weight excluding hydrogens is 500 g/mol. The van der Waals surface area contributed by atoms with Crippen LogP contribution in [0.15, 0.2) is 55.1 Å². The average molecular weight is 541 g/mol. The predicted octanol–water partition coefficient (Wildman–Crippen LogP) is 4.28. The molecular formula is C32H40N6O2. The van der Waals surface area contributed by atoms with E-state index in [-0.39, 0.29) is 11.4 Å². The zero-order chi connectivity index (χ0) is 27.9. The van der Waals surface area contributed by atoms with Gasteiger partial charge in [-0.05, 0) is 64.2 Å². The number of rotatable bonds is 6. The van der Waals surface area contributed by atoms with Crippen LogP contribution in [0.1, 0.15) is 37.9 Å². The number of benzene rings is 2. The third-order valence-corrected chi connectivity index (χ3v) is 8.85. The van der Waals surface area contributed by atoms with E-state index in [0.29, 0.717) is 44.8 Å². The van der Waals surface area contributed by atoms with E-state index in [1.807, 2.05) is 4.90 Å². The number of amides is 1. The lowest BCUT2D eigenvalue weighted by Crippen LogP contribution is -2.61. The molecule has 8 heteroatoms. The minimum absolute atomic E-state index is 0.0205. The summed E-state index contributed by atoms with van der Waals surface area (Å²) in [6.07, 6.45) is 4.59. The summed E-state index contributed by atoms with van der Waals surface area (Å²) in [7, 11) is 2.16. The van der Waals surface area contributed by atoms with Crippen LogP contribution in [0.25, 0.3) is 10.8 Å². The summed E-state index contributed by atoms with van der Waals surface area (Å²) in [5, 5.41) is 2.50. The monoisotopic (exact) mass is 540 g/mol. The predicted molar refractivity (Wildman–Crippen MR) is 160 cm³/mol. The number of carbonyl (C=O) groups is 1. The minimum Gasteiger partial charge on any atom is -0.462 e. The number of likely N-dealkylation sites (tertiary alicyclic amines) is 1. The third kappa shape index (κ3) is 5.01. The van der Waals surface area contributed by atoms with E-state index in [9.17, 15) is 4.79 Å². The highest BCUT2D eigenvalue weighted by atomic mass is 16.5. The number of aromatic nitrogens is 2. The summed E-state index contributed by atoms with van der Waals surface area (Å²) in [5.41, 5.74) is 3.16. The number of nitrogens with zero attached hydrogens (tertiary/aromatic N) is 6. The lowest BCUT2D eigenvalue weighted by molar-refractivity contribution is -0.127. The van der Waals surface area contributed by atoms with E-state index in [2.05, 4.69) is 84.6 Å². The average Bonchev–Trinajstić information content (AvgIpc) is 3.38. The van der Waals surface area contributed by atoms with Crippen LogP contribution in [-0.4, -0.2) is 83.6 Å². The summed E-state index contributed by atoms with van der Waals surface area (Å²) in [6.45, 7) is 13.3. The van der Waals surface area contributed by atoms with Gasteiger partial charge in [-0.2, -0.15) is 9.97 Å². The van der Waals surface area contributed by atoms with E-state index in [1.165, 1.54) is 34.5 Å². The zero-order valence-electron chi connectivity index (χ0n) is 24.0. The fraction of sp³-hybridized carbons (Fsp3) is 0.469. The van der Waals surface area contributed by atoms with Crippen molar-refractivity contribution in [2.24, 2.45) is 0 Å². The molecule has 3 aliphatic rings. The highest BCUT2D eigenvalue weighted by Crippen LogP contribution is 2.37. The highest BCUT2D eigenvalue weighted by molar-refractivity contribution is 5.94. The third-order valence-electron chi connectivity index (χ3n) is 8.85. The Kier molecular flexibility index (Phi) is 7.13. The highest BCUT2D eigenvalue weighted by Gasteiger charge is 2.38. The number of hydrogen-bond acceptors (Lipinski definition) is 7. The molecule has 0 saturated carbocycles. The molecule has 210 valence electrons. The summed E-state index contributed by atoms with van der Waals surface area (Å²) in [5.74, 6) is 0.931. The molecule has 0 N–H and O–H groups in total. The van der Waals surface area contributed by atoms with Gasteiger partial charge in [0.2, 0.25) is 5.91 Å². The van der Waals surface area contributed by atoms with Crippen molar-refractivity contribution in [1.29, 1.82) is 0 Å². The van der Waals surface area contributed by atoms with Gasteiger partial charge in [-0.1, -0.05) is 43.0 Å². The quantitative estimate of drug-likeness (QED) is 0.433. The van der Waals surface area contributed by atoms with Crippen molar-refractivity contribution in [3.05, 3.63) is 66.4 Å². The maximum absolute atomic E-state index is 12.4. The van der Waals surface area contributed by atoms with Crippen molar-refractivity contribution in [1.82, 2.24) is 19.8 Å². The number of likely N-dealkylation sites (N-methyl/N-ethyl adjacent to an activating group) is 1. The van der Waals surface area contributed by atoms with Crippen LogP contribution in [0.2, 0.25) is 0 Å². The van der Waals surface area contributed by atoms with E-state index in [1.54, 1.807) is 0 Å². The van der Waals surface area contributed by atoms with Crippen molar-refractivity contribution in [2.45, 2.75) is 51.2 Å². The Labute approximate surface area is 237 Å². The first-order chi connectivity index (χ1) is 19.3. The topological polar surface area (TPSA) is 65.0 Å². The zero-order valence-corrected chi connectivity index (χ0v) is 24.0. The summed E-state index contributed by atoms with van der Waals surface area (Å²) >= 11 is 0. The molecule has 0 radical (unpaired) electrons. The Bertz CT molecular complexity index is 1420. The van der Waals surface area contributed by atoms with Gasteiger partial charge in [-0.15, -0.1) is 0 Å². The molecule has 0 spiro atoms. The number of anilines is 2. The Balaban J connectivity index is 1.35. The van der Waals surface area contributed by atoms with Crippen LogP contribution in [-0.2, 0) is 17.8 Å². The van der Waals surface area contributed by atoms with Crippen molar-refractivity contribution in [3.63, 3.8) is 0 Å². The van der Waals surface area contributed by atoms with Gasteiger partial charge in [-0.25, -0.2) is 0 Å². The van der Waals surface area contributed by atoms with E-state index < -0.39 is 0 Å². The summed E-state index contributed by atoms with van der Waals surface area (Å²) < 4.78 is 6.33. The first-order valence-corrected chi connectivity index (χ1v) is 14.5. The number of hydrogen-bond donors (Lipinski definition) is 0. The maximum Gasteiger partial charge on any atom is 0.318 e. The number of fused-ring (bicyclic) bond motifs is 2. The SMILES string of the molecule is C=CC(=O)N1CCN(c2nc(OCC3CCCN3C)nc3c2CCN(c2cccc4ccccc24)C3)C(C)(C)C1. The Hall–Kier alpha value is -3.65. The lowest BCUT2D eigenvalue weighted by Gasteiger charge is -2.48. The van der Waals surface area contributed by atoms with Gasteiger partial charge in [-0.3, -0.25) is 4.79 Å². The van der Waals surface area contributed by atoms with Gasteiger partial charge >= 0.3 is 6.01 Å². The van der Waals surface area contributed by atoms with Crippen molar-refractivity contribution >= 4 is 28.2 Å². The molecule has 6 rings (SSSR count). The molecule has 8 nitrogen and oxygen atoms in total. The second-order valence-corrected chi connectivity index (χ2v) is 11.9. The van der Waals surface area contributed by atoms with Gasteiger partial charge in [0.25, 0.3) is 0 Å². The number of ether oxygens (including phenoxy) is 1. The molecule has 3 aromatic rings. The number of piperazine rings is 1.